The van der Waals surface area contributed by atoms with Gasteiger partial charge in [-0.25, -0.2) is 4.39 Å². The van der Waals surface area contributed by atoms with Crippen molar-refractivity contribution in [3.05, 3.63) is 65.5 Å². The maximum absolute atomic E-state index is 12.9. The normalized spacial score (nSPS) is 13.0. The van der Waals surface area contributed by atoms with Crippen LogP contribution in [0.1, 0.15) is 17.0 Å². The highest BCUT2D eigenvalue weighted by atomic mass is 19.4. The summed E-state index contributed by atoms with van der Waals surface area (Å²) in [6, 6.07) is 10.0. The van der Waals surface area contributed by atoms with E-state index in [0.29, 0.717) is 5.56 Å². The van der Waals surface area contributed by atoms with Crippen LogP contribution in [0.15, 0.2) is 48.5 Å². The lowest BCUT2D eigenvalue weighted by atomic mass is 10.0. The average Bonchev–Trinajstić information content (AvgIpc) is 2.49. The number of benzene rings is 2. The average molecular weight is 314 g/mol. The molecular formula is C16H14F4O2. The van der Waals surface area contributed by atoms with E-state index in [1.807, 2.05) is 0 Å². The molecule has 0 saturated heterocycles. The number of hydrogen-bond acceptors (Lipinski definition) is 2. The van der Waals surface area contributed by atoms with Crippen molar-refractivity contribution in [2.45, 2.75) is 12.1 Å². The Kier molecular flexibility index (Phi) is 5.03. The highest BCUT2D eigenvalue weighted by Gasteiger charge is 2.30. The van der Waals surface area contributed by atoms with Gasteiger partial charge >= 0.3 is 6.18 Å². The molecule has 0 bridgehead atoms. The number of halogens is 4. The van der Waals surface area contributed by atoms with E-state index in [2.05, 4.69) is 0 Å². The lowest BCUT2D eigenvalue weighted by Gasteiger charge is -2.16. The molecule has 0 spiro atoms. The van der Waals surface area contributed by atoms with E-state index in [0.717, 1.165) is 12.1 Å². The third-order valence-corrected chi connectivity index (χ3v) is 3.17. The molecule has 118 valence electrons. The van der Waals surface area contributed by atoms with Gasteiger partial charge in [-0.3, -0.25) is 0 Å². The van der Waals surface area contributed by atoms with E-state index in [-0.39, 0.29) is 19.0 Å². The first-order chi connectivity index (χ1) is 10.4. The fourth-order valence-corrected chi connectivity index (χ4v) is 1.95. The molecule has 22 heavy (non-hydrogen) atoms. The van der Waals surface area contributed by atoms with Crippen molar-refractivity contribution >= 4 is 0 Å². The highest BCUT2D eigenvalue weighted by molar-refractivity contribution is 5.30. The number of aliphatic hydroxyl groups excluding tert-OH is 1. The Morgan fingerprint density at radius 3 is 2.32 bits per heavy atom. The third-order valence-electron chi connectivity index (χ3n) is 3.17. The van der Waals surface area contributed by atoms with Crippen molar-refractivity contribution < 1.29 is 27.4 Å². The summed E-state index contributed by atoms with van der Waals surface area (Å²) in [6.07, 6.45) is -4.44. The van der Waals surface area contributed by atoms with Gasteiger partial charge in [0.1, 0.15) is 11.6 Å². The molecule has 6 heteroatoms. The third kappa shape index (κ3) is 4.21. The Bertz CT molecular complexity index is 608. The number of rotatable bonds is 5. The summed E-state index contributed by atoms with van der Waals surface area (Å²) >= 11 is 0. The summed E-state index contributed by atoms with van der Waals surface area (Å²) in [4.78, 5) is 0. The summed E-state index contributed by atoms with van der Waals surface area (Å²) in [6.45, 7) is -0.270. The Hall–Kier alpha value is -2.08. The summed E-state index contributed by atoms with van der Waals surface area (Å²) < 4.78 is 56.0. The van der Waals surface area contributed by atoms with Gasteiger partial charge < -0.3 is 9.84 Å². The lowest BCUT2D eigenvalue weighted by molar-refractivity contribution is -0.137. The van der Waals surface area contributed by atoms with E-state index in [1.54, 1.807) is 0 Å². The second-order valence-electron chi connectivity index (χ2n) is 4.77. The van der Waals surface area contributed by atoms with Gasteiger partial charge in [0.15, 0.2) is 0 Å². The smallest absolute Gasteiger partial charge is 0.416 e. The van der Waals surface area contributed by atoms with Gasteiger partial charge in [-0.1, -0.05) is 18.2 Å². The van der Waals surface area contributed by atoms with Crippen molar-refractivity contribution in [3.63, 3.8) is 0 Å². The van der Waals surface area contributed by atoms with E-state index < -0.39 is 23.5 Å². The molecule has 0 aliphatic rings. The largest absolute Gasteiger partial charge is 0.493 e. The fourth-order valence-electron chi connectivity index (χ4n) is 1.95. The lowest BCUT2D eigenvalue weighted by Crippen LogP contribution is -2.14. The molecule has 2 rings (SSSR count). The van der Waals surface area contributed by atoms with E-state index in [9.17, 15) is 22.7 Å². The summed E-state index contributed by atoms with van der Waals surface area (Å²) in [7, 11) is 0. The predicted octanol–water partition coefficient (Wildman–Crippen LogP) is 4.00. The van der Waals surface area contributed by atoms with Crippen LogP contribution in [0.2, 0.25) is 0 Å². The van der Waals surface area contributed by atoms with Gasteiger partial charge in [-0.05, 0) is 35.9 Å². The molecule has 2 aromatic carbocycles. The molecular weight excluding hydrogens is 300 g/mol. The zero-order valence-corrected chi connectivity index (χ0v) is 11.5. The van der Waals surface area contributed by atoms with Gasteiger partial charge in [-0.15, -0.1) is 0 Å². The van der Waals surface area contributed by atoms with Gasteiger partial charge in [0, 0.05) is 5.92 Å². The highest BCUT2D eigenvalue weighted by Crippen LogP contribution is 2.31. The molecule has 0 amide bonds. The van der Waals surface area contributed by atoms with Crippen LogP contribution in [0.3, 0.4) is 0 Å². The van der Waals surface area contributed by atoms with Gasteiger partial charge in [0.25, 0.3) is 0 Å². The maximum Gasteiger partial charge on any atom is 0.416 e. The molecule has 0 radical (unpaired) electrons. The molecule has 0 heterocycles. The molecule has 1 atom stereocenters. The van der Waals surface area contributed by atoms with Crippen molar-refractivity contribution in [1.29, 1.82) is 0 Å². The molecule has 2 aromatic rings. The summed E-state index contributed by atoms with van der Waals surface area (Å²) in [5.74, 6) is -0.787. The van der Waals surface area contributed by atoms with Crippen LogP contribution in [-0.4, -0.2) is 18.3 Å². The van der Waals surface area contributed by atoms with Crippen LogP contribution in [0, 0.1) is 5.82 Å². The second kappa shape index (κ2) is 6.79. The Labute approximate surface area is 125 Å². The van der Waals surface area contributed by atoms with Gasteiger partial charge in [-0.2, -0.15) is 13.2 Å². The zero-order valence-electron chi connectivity index (χ0n) is 11.5. The van der Waals surface area contributed by atoms with Crippen LogP contribution in [-0.2, 0) is 6.18 Å². The number of ether oxygens (including phenoxy) is 1. The quantitative estimate of drug-likeness (QED) is 0.845. The molecule has 0 fully saturated rings. The molecule has 0 saturated carbocycles. The molecule has 0 aromatic heterocycles. The zero-order chi connectivity index (χ0) is 16.2. The topological polar surface area (TPSA) is 29.5 Å². The van der Waals surface area contributed by atoms with E-state index in [1.165, 1.54) is 36.4 Å². The van der Waals surface area contributed by atoms with Crippen molar-refractivity contribution in [1.82, 2.24) is 0 Å². The first-order valence-electron chi connectivity index (χ1n) is 6.56. The fraction of sp³-hybridized carbons (Fsp3) is 0.250. The van der Waals surface area contributed by atoms with Gasteiger partial charge in [0.2, 0.25) is 0 Å². The number of hydrogen-bond donors (Lipinski definition) is 1. The van der Waals surface area contributed by atoms with E-state index >= 15 is 0 Å². The molecule has 1 N–H and O–H groups in total. The van der Waals surface area contributed by atoms with Crippen LogP contribution >= 0.6 is 0 Å². The van der Waals surface area contributed by atoms with Gasteiger partial charge in [0.05, 0.1) is 18.8 Å². The maximum atomic E-state index is 12.9. The SMILES string of the molecule is OCC(COc1cccc(C(F)(F)F)c1)c1ccc(F)cc1. The molecule has 1 unspecified atom stereocenters. The minimum absolute atomic E-state index is 0.0105. The Morgan fingerprint density at radius 2 is 1.73 bits per heavy atom. The standard InChI is InChI=1S/C16H14F4O2/c17-14-6-4-11(5-7-14)12(9-21)10-22-15-3-1-2-13(8-15)16(18,19)20/h1-8,12,21H,9-10H2. The molecule has 2 nitrogen and oxygen atoms in total. The van der Waals surface area contributed by atoms with Crippen LogP contribution in [0.25, 0.3) is 0 Å². The van der Waals surface area contributed by atoms with Crippen molar-refractivity contribution in [2.24, 2.45) is 0 Å². The number of alkyl halides is 3. The Morgan fingerprint density at radius 1 is 1.05 bits per heavy atom. The van der Waals surface area contributed by atoms with E-state index in [4.69, 9.17) is 4.74 Å². The molecule has 0 aliphatic carbocycles. The number of aliphatic hydroxyl groups is 1. The molecule has 0 aliphatic heterocycles. The van der Waals surface area contributed by atoms with Crippen molar-refractivity contribution in [2.75, 3.05) is 13.2 Å². The van der Waals surface area contributed by atoms with Crippen LogP contribution in [0.4, 0.5) is 17.6 Å². The predicted molar refractivity (Wildman–Crippen MR) is 73.2 cm³/mol. The second-order valence-corrected chi connectivity index (χ2v) is 4.77. The minimum Gasteiger partial charge on any atom is -0.493 e. The Balaban J connectivity index is 2.06. The summed E-state index contributed by atoms with van der Waals surface area (Å²) in [5, 5.41) is 9.36. The first-order valence-corrected chi connectivity index (χ1v) is 6.56. The minimum atomic E-state index is -4.44. The van der Waals surface area contributed by atoms with Crippen molar-refractivity contribution in [3.8, 4) is 5.75 Å². The summed E-state index contributed by atoms with van der Waals surface area (Å²) in [5.41, 5.74) is -0.150. The van der Waals surface area contributed by atoms with Crippen LogP contribution < -0.4 is 4.74 Å². The van der Waals surface area contributed by atoms with Crippen LogP contribution in [0.5, 0.6) is 5.75 Å². The first kappa shape index (κ1) is 16.3. The monoisotopic (exact) mass is 314 g/mol.